The first-order chi connectivity index (χ1) is 17.5. The Morgan fingerprint density at radius 2 is 1.75 bits per heavy atom. The Balaban J connectivity index is 1.33. The fraction of sp³-hybridized carbons (Fsp3) is 0.120. The Hall–Kier alpha value is -3.66. The highest BCUT2D eigenvalue weighted by Crippen LogP contribution is 2.37. The fourth-order valence-corrected chi connectivity index (χ4v) is 4.59. The zero-order chi connectivity index (χ0) is 25.1. The van der Waals surface area contributed by atoms with Crippen LogP contribution in [-0.4, -0.2) is 34.8 Å². The minimum atomic E-state index is -0.882. The Labute approximate surface area is 220 Å². The van der Waals surface area contributed by atoms with Crippen LogP contribution in [0.2, 0.25) is 10.0 Å². The van der Waals surface area contributed by atoms with E-state index in [2.05, 4.69) is 20.8 Å². The second kappa shape index (κ2) is 10.5. The molecule has 2 N–H and O–H groups in total. The van der Waals surface area contributed by atoms with Gasteiger partial charge < -0.3 is 14.8 Å². The summed E-state index contributed by atoms with van der Waals surface area (Å²) in [6.45, 7) is 0.174. The lowest BCUT2D eigenvalue weighted by Crippen LogP contribution is -2.45. The third-order valence-corrected chi connectivity index (χ3v) is 6.99. The van der Waals surface area contributed by atoms with Gasteiger partial charge in [0, 0.05) is 17.5 Å². The maximum atomic E-state index is 13.2. The lowest BCUT2D eigenvalue weighted by atomic mass is 10.0. The molecular formula is C25H18Cl2N4O4S. The third-order valence-electron chi connectivity index (χ3n) is 5.36. The van der Waals surface area contributed by atoms with E-state index in [-0.39, 0.29) is 23.8 Å². The van der Waals surface area contributed by atoms with E-state index in [0.29, 0.717) is 26.7 Å². The number of nitrogens with one attached hydrogen (secondary N) is 2. The highest BCUT2D eigenvalue weighted by molar-refractivity contribution is 7.18. The van der Waals surface area contributed by atoms with E-state index in [1.165, 1.54) is 23.5 Å². The molecule has 3 aromatic carbocycles. The van der Waals surface area contributed by atoms with Crippen LogP contribution in [0.25, 0.3) is 10.6 Å². The van der Waals surface area contributed by atoms with E-state index in [0.717, 1.165) is 11.1 Å². The van der Waals surface area contributed by atoms with Crippen molar-refractivity contribution in [2.24, 2.45) is 0 Å². The summed E-state index contributed by atoms with van der Waals surface area (Å²) in [5.41, 5.74) is 1.95. The van der Waals surface area contributed by atoms with Gasteiger partial charge in [-0.3, -0.25) is 14.9 Å². The molecule has 0 bridgehead atoms. The van der Waals surface area contributed by atoms with E-state index in [9.17, 15) is 9.59 Å². The number of nitrogens with zero attached hydrogens (tertiary/aromatic N) is 2. The summed E-state index contributed by atoms with van der Waals surface area (Å²) >= 11 is 13.2. The topological polar surface area (TPSA) is 102 Å². The largest absolute Gasteiger partial charge is 0.454 e. The van der Waals surface area contributed by atoms with Gasteiger partial charge in [-0.1, -0.05) is 64.9 Å². The van der Waals surface area contributed by atoms with Crippen molar-refractivity contribution in [3.8, 4) is 22.1 Å². The average Bonchev–Trinajstić information content (AvgIpc) is 3.55. The predicted molar refractivity (Wildman–Crippen MR) is 138 cm³/mol. The normalized spacial score (nSPS) is 12.7. The van der Waals surface area contributed by atoms with Crippen molar-refractivity contribution in [2.45, 2.75) is 12.5 Å². The first kappa shape index (κ1) is 24.1. The van der Waals surface area contributed by atoms with Gasteiger partial charge in [0.2, 0.25) is 17.8 Å². The van der Waals surface area contributed by atoms with Crippen LogP contribution in [0, 0.1) is 0 Å². The first-order valence-electron chi connectivity index (χ1n) is 10.8. The van der Waals surface area contributed by atoms with Crippen LogP contribution >= 0.6 is 34.5 Å². The van der Waals surface area contributed by atoms with Crippen molar-refractivity contribution in [2.75, 3.05) is 12.1 Å². The van der Waals surface area contributed by atoms with Gasteiger partial charge >= 0.3 is 0 Å². The highest BCUT2D eigenvalue weighted by Gasteiger charge is 2.24. The molecule has 1 aromatic heterocycles. The second-order valence-corrected chi connectivity index (χ2v) is 9.61. The molecule has 0 aliphatic carbocycles. The molecule has 1 atom stereocenters. The molecule has 0 fully saturated rings. The number of aromatic nitrogens is 2. The SMILES string of the molecule is O=C(N[C@@H](Cc1ccccc1)C(=O)Nc1nnc(-c2ccc3c(c2)OCO3)s1)c1ccc(Cl)c(Cl)c1. The summed E-state index contributed by atoms with van der Waals surface area (Å²) in [5.74, 6) is 0.406. The van der Waals surface area contributed by atoms with Crippen LogP contribution in [-0.2, 0) is 11.2 Å². The van der Waals surface area contributed by atoms with E-state index in [1.807, 2.05) is 42.5 Å². The smallest absolute Gasteiger partial charge is 0.251 e. The lowest BCUT2D eigenvalue weighted by molar-refractivity contribution is -0.118. The molecule has 0 unspecified atom stereocenters. The van der Waals surface area contributed by atoms with Crippen molar-refractivity contribution >= 4 is 51.5 Å². The average molecular weight is 541 g/mol. The minimum absolute atomic E-state index is 0.174. The summed E-state index contributed by atoms with van der Waals surface area (Å²) in [7, 11) is 0. The van der Waals surface area contributed by atoms with E-state index in [4.69, 9.17) is 32.7 Å². The molecule has 0 spiro atoms. The molecule has 11 heteroatoms. The van der Waals surface area contributed by atoms with E-state index >= 15 is 0 Å². The van der Waals surface area contributed by atoms with Gasteiger partial charge in [0.25, 0.3) is 5.91 Å². The monoisotopic (exact) mass is 540 g/mol. The van der Waals surface area contributed by atoms with Crippen molar-refractivity contribution in [1.82, 2.24) is 15.5 Å². The van der Waals surface area contributed by atoms with Gasteiger partial charge in [0.05, 0.1) is 10.0 Å². The Bertz CT molecular complexity index is 1430. The molecule has 0 radical (unpaired) electrons. The maximum absolute atomic E-state index is 13.2. The van der Waals surface area contributed by atoms with Gasteiger partial charge in [0.15, 0.2) is 11.5 Å². The molecular weight excluding hydrogens is 523 g/mol. The number of carbonyl (C=O) groups is 2. The van der Waals surface area contributed by atoms with Crippen molar-refractivity contribution in [1.29, 1.82) is 0 Å². The fourth-order valence-electron chi connectivity index (χ4n) is 3.55. The van der Waals surface area contributed by atoms with Crippen LogP contribution in [0.15, 0.2) is 66.7 Å². The number of benzene rings is 3. The van der Waals surface area contributed by atoms with E-state index in [1.54, 1.807) is 12.1 Å². The number of halogens is 2. The maximum Gasteiger partial charge on any atom is 0.251 e. The van der Waals surface area contributed by atoms with E-state index < -0.39 is 17.9 Å². The number of carbonyl (C=O) groups excluding carboxylic acids is 2. The van der Waals surface area contributed by atoms with Crippen LogP contribution in [0.3, 0.4) is 0 Å². The zero-order valence-corrected chi connectivity index (χ0v) is 20.9. The zero-order valence-electron chi connectivity index (χ0n) is 18.5. The summed E-state index contributed by atoms with van der Waals surface area (Å²) in [6.07, 6.45) is 0.271. The number of hydrogen-bond donors (Lipinski definition) is 2. The standard InChI is InChI=1S/C25H18Cl2N4O4S/c26-17-8-6-15(11-18(17)27)22(32)28-19(10-14-4-2-1-3-5-14)23(33)29-25-31-30-24(36-25)16-7-9-20-21(12-16)35-13-34-20/h1-9,11-12,19H,10,13H2,(H,28,32)(H,29,31,33)/t19-/m0/s1. The second-order valence-electron chi connectivity index (χ2n) is 7.81. The molecule has 2 amide bonds. The number of anilines is 1. The number of fused-ring (bicyclic) bond motifs is 1. The molecule has 5 rings (SSSR count). The molecule has 1 aliphatic heterocycles. The number of hydrogen-bond acceptors (Lipinski definition) is 7. The molecule has 8 nitrogen and oxygen atoms in total. The molecule has 1 aliphatic rings. The molecule has 182 valence electrons. The Morgan fingerprint density at radius 3 is 2.56 bits per heavy atom. The molecule has 2 heterocycles. The quantitative estimate of drug-likeness (QED) is 0.333. The lowest BCUT2D eigenvalue weighted by Gasteiger charge is -2.18. The Morgan fingerprint density at radius 1 is 0.944 bits per heavy atom. The predicted octanol–water partition coefficient (Wildman–Crippen LogP) is 5.22. The first-order valence-corrected chi connectivity index (χ1v) is 12.4. The van der Waals surface area contributed by atoms with Gasteiger partial charge in [-0.2, -0.15) is 0 Å². The minimum Gasteiger partial charge on any atom is -0.454 e. The number of rotatable bonds is 7. The summed E-state index contributed by atoms with van der Waals surface area (Å²) in [6, 6.07) is 18.5. The molecule has 36 heavy (non-hydrogen) atoms. The van der Waals surface area contributed by atoms with Gasteiger partial charge in [0.1, 0.15) is 11.0 Å². The number of ether oxygens (including phenoxy) is 2. The van der Waals surface area contributed by atoms with Crippen LogP contribution in [0.4, 0.5) is 5.13 Å². The highest BCUT2D eigenvalue weighted by atomic mass is 35.5. The summed E-state index contributed by atoms with van der Waals surface area (Å²) < 4.78 is 10.8. The van der Waals surface area contributed by atoms with Gasteiger partial charge in [-0.25, -0.2) is 0 Å². The summed E-state index contributed by atoms with van der Waals surface area (Å²) in [4.78, 5) is 26.1. The van der Waals surface area contributed by atoms with Gasteiger partial charge in [-0.15, -0.1) is 10.2 Å². The molecule has 0 saturated carbocycles. The molecule has 4 aromatic rings. The Kier molecular flexibility index (Phi) is 7.04. The van der Waals surface area contributed by atoms with Crippen LogP contribution < -0.4 is 20.1 Å². The van der Waals surface area contributed by atoms with Crippen LogP contribution in [0.5, 0.6) is 11.5 Å². The third kappa shape index (κ3) is 5.43. The van der Waals surface area contributed by atoms with Crippen LogP contribution in [0.1, 0.15) is 15.9 Å². The number of amides is 2. The van der Waals surface area contributed by atoms with Crippen molar-refractivity contribution < 1.29 is 19.1 Å². The van der Waals surface area contributed by atoms with Crippen molar-refractivity contribution in [3.63, 3.8) is 0 Å². The van der Waals surface area contributed by atoms with Gasteiger partial charge in [-0.05, 0) is 42.0 Å². The summed E-state index contributed by atoms with van der Waals surface area (Å²) in [5, 5.41) is 15.3. The van der Waals surface area contributed by atoms with Crippen molar-refractivity contribution in [3.05, 3.63) is 87.9 Å². The molecule has 0 saturated heterocycles.